The van der Waals surface area contributed by atoms with Gasteiger partial charge in [0, 0.05) is 26.4 Å². The summed E-state index contributed by atoms with van der Waals surface area (Å²) in [5.74, 6) is 0. The van der Waals surface area contributed by atoms with Crippen LogP contribution in [-0.2, 0) is 6.98 Å². The molecule has 0 radical (unpaired) electrons. The van der Waals surface area contributed by atoms with E-state index in [1.807, 2.05) is 0 Å². The number of rotatable bonds is 0. The number of para-hydroxylation sites is 1. The predicted molar refractivity (Wildman–Crippen MR) is 47.7 cm³/mol. The lowest BCUT2D eigenvalue weighted by molar-refractivity contribution is 0.918. The van der Waals surface area contributed by atoms with E-state index in [1.54, 1.807) is 0 Å². The van der Waals surface area contributed by atoms with E-state index in [0.717, 1.165) is 6.07 Å². The molecule has 1 nitrogen and oxygen atoms in total. The van der Waals surface area contributed by atoms with Crippen LogP contribution >= 0.6 is 0 Å². The second-order valence-corrected chi connectivity index (χ2v) is 2.11. The highest BCUT2D eigenvalue weighted by atomic mass is 14.9. The quantitative estimate of drug-likeness (QED) is 0.551. The average molecular weight is 155 g/mol. The third-order valence-corrected chi connectivity index (χ3v) is 1.43. The minimum atomic E-state index is -2.87. The van der Waals surface area contributed by atoms with E-state index in [9.17, 15) is 0 Å². The first-order chi connectivity index (χ1) is 9.37. The molecule has 11 heavy (non-hydrogen) atoms. The minimum Gasteiger partial charge on any atom is -0.348 e. The molecule has 0 aliphatic heterocycles. The number of nitrogens with zero attached hydrogens (tertiary/aromatic N) is 1. The fourth-order valence-electron chi connectivity index (χ4n) is 0.906. The van der Waals surface area contributed by atoms with Crippen LogP contribution in [0.4, 0.5) is 0 Å². The first-order valence-corrected chi connectivity index (χ1v) is 3.00. The number of aryl methyl sites for hydroxylation is 1. The molecule has 0 N–H and O–H groups in total. The monoisotopic (exact) mass is 155 g/mol. The van der Waals surface area contributed by atoms with E-state index in [1.165, 1.54) is 0 Å². The normalized spacial score (nSPS) is 26.2. The van der Waals surface area contributed by atoms with Gasteiger partial charge in [-0.1, -0.05) is 18.1 Å². The van der Waals surface area contributed by atoms with Crippen LogP contribution in [-0.4, -0.2) is 4.57 Å². The largest absolute Gasteiger partial charge is 0.348 e. The molecule has 0 atom stereocenters. The van der Waals surface area contributed by atoms with Crippen LogP contribution < -0.4 is 0 Å². The van der Waals surface area contributed by atoms with Gasteiger partial charge in [0.15, 0.2) is 0 Å². The topological polar surface area (TPSA) is 4.93 Å². The van der Waals surface area contributed by atoms with Crippen LogP contribution in [0.25, 0.3) is 10.9 Å². The minimum absolute atomic E-state index is 0.211. The Bertz CT molecular complexity index is 720. The van der Waals surface area contributed by atoms with Gasteiger partial charge >= 0.3 is 0 Å². The fraction of sp³-hybridized carbons (Fsp3) is 0.200. The summed E-state index contributed by atoms with van der Waals surface area (Å²) < 4.78 is 76.1. The summed E-state index contributed by atoms with van der Waals surface area (Å²) in [5.41, 5.74) is -0.923. The molecule has 0 fully saturated rings. The molecule has 2 aromatic rings. The highest BCUT2D eigenvalue weighted by Gasteiger charge is 1.98. The number of hydrogen-bond acceptors (Lipinski definition) is 0. The van der Waals surface area contributed by atoms with Crippen molar-refractivity contribution >= 4 is 10.9 Å². The van der Waals surface area contributed by atoms with Crippen molar-refractivity contribution in [3.63, 3.8) is 0 Å². The van der Waals surface area contributed by atoms with E-state index < -0.39 is 43.7 Å². The summed E-state index contributed by atoms with van der Waals surface area (Å²) in [6.07, 6.45) is 0. The molecule has 56 valence electrons. The van der Waals surface area contributed by atoms with E-state index in [2.05, 4.69) is 0 Å². The maximum atomic E-state index is 7.91. The molecule has 0 unspecified atom stereocenters. The van der Waals surface area contributed by atoms with Crippen molar-refractivity contribution in [3.05, 3.63) is 35.9 Å². The Labute approximate surface area is 80.3 Å². The average Bonchev–Trinajstić information content (AvgIpc) is 2.58. The Morgan fingerprint density at radius 1 is 1.55 bits per heavy atom. The molecule has 0 bridgehead atoms. The molecular weight excluding hydrogens is 134 g/mol. The Morgan fingerprint density at radius 2 is 2.55 bits per heavy atom. The van der Waals surface area contributed by atoms with Crippen molar-refractivity contribution in [2.24, 2.45) is 6.98 Å². The zero-order chi connectivity index (χ0) is 16.3. The Hall–Kier alpha value is -1.24. The van der Waals surface area contributed by atoms with Crippen molar-refractivity contribution in [2.45, 2.75) is 6.85 Å². The SMILES string of the molecule is [2H]c1cc2c(c([2H])c1[2H])c([2H])c(C([2H])([2H])[2H])n2C([2H])([2H])[2H]. The van der Waals surface area contributed by atoms with Crippen LogP contribution in [0, 0.1) is 6.85 Å². The summed E-state index contributed by atoms with van der Waals surface area (Å²) in [4.78, 5) is 0. The molecule has 0 amide bonds. The predicted octanol–water partition coefficient (Wildman–Crippen LogP) is 2.49. The zero-order valence-corrected chi connectivity index (χ0v) is 5.52. The van der Waals surface area contributed by atoms with E-state index >= 15 is 0 Å². The lowest BCUT2D eigenvalue weighted by atomic mass is 10.2. The molecular formula is C10H11N. The summed E-state index contributed by atoms with van der Waals surface area (Å²) in [7, 11) is 0. The number of hydrogen-bond donors (Lipinski definition) is 0. The van der Waals surface area contributed by atoms with Gasteiger partial charge in [-0.3, -0.25) is 0 Å². The molecule has 0 aliphatic rings. The van der Waals surface area contributed by atoms with Crippen molar-refractivity contribution < 1.29 is 13.7 Å². The van der Waals surface area contributed by atoms with E-state index in [-0.39, 0.29) is 10.9 Å². The van der Waals surface area contributed by atoms with Crippen molar-refractivity contribution in [1.82, 2.24) is 4.57 Å². The molecule has 0 saturated heterocycles. The molecule has 1 heteroatoms. The van der Waals surface area contributed by atoms with Gasteiger partial charge in [-0.05, 0) is 24.3 Å². The lowest BCUT2D eigenvalue weighted by Crippen LogP contribution is -1.88. The summed E-state index contributed by atoms with van der Waals surface area (Å²) in [6, 6.07) is -0.992. The summed E-state index contributed by atoms with van der Waals surface area (Å²) in [5, 5.41) is -0.238. The Morgan fingerprint density at radius 3 is 3.36 bits per heavy atom. The smallest absolute Gasteiger partial charge is 0.0648 e. The van der Waals surface area contributed by atoms with Crippen LogP contribution in [0.3, 0.4) is 0 Å². The van der Waals surface area contributed by atoms with E-state index in [4.69, 9.17) is 13.7 Å². The molecule has 1 heterocycles. The van der Waals surface area contributed by atoms with Crippen LogP contribution in [0.5, 0.6) is 0 Å². The van der Waals surface area contributed by atoms with Gasteiger partial charge in [0.1, 0.15) is 0 Å². The highest BCUT2D eigenvalue weighted by Crippen LogP contribution is 2.16. The van der Waals surface area contributed by atoms with Gasteiger partial charge < -0.3 is 4.57 Å². The maximum Gasteiger partial charge on any atom is 0.0648 e. The lowest BCUT2D eigenvalue weighted by Gasteiger charge is -1.96. The van der Waals surface area contributed by atoms with Gasteiger partial charge in [-0.25, -0.2) is 0 Å². The highest BCUT2D eigenvalue weighted by molar-refractivity contribution is 5.80. The standard InChI is InChI=1S/C10H11N/c1-8-7-9-5-3-4-6-10(9)11(8)2/h3-7H,1-2H3/i1D3,2D3,3D,4D,5D,7D. The van der Waals surface area contributed by atoms with Crippen LogP contribution in [0.15, 0.2) is 30.2 Å². The molecule has 0 spiro atoms. The fourth-order valence-corrected chi connectivity index (χ4v) is 0.906. The number of aromatic nitrogens is 1. The van der Waals surface area contributed by atoms with Gasteiger partial charge in [-0.15, -0.1) is 0 Å². The summed E-state index contributed by atoms with van der Waals surface area (Å²) >= 11 is 0. The van der Waals surface area contributed by atoms with Crippen molar-refractivity contribution in [3.8, 4) is 0 Å². The Balaban J connectivity index is 3.11. The molecule has 0 aliphatic carbocycles. The van der Waals surface area contributed by atoms with Crippen LogP contribution in [0.1, 0.15) is 19.4 Å². The first kappa shape index (κ1) is 1.74. The molecule has 0 saturated carbocycles. The molecule has 1 aromatic carbocycles. The third-order valence-electron chi connectivity index (χ3n) is 1.43. The number of benzene rings is 1. The zero-order valence-electron chi connectivity index (χ0n) is 15.5. The summed E-state index contributed by atoms with van der Waals surface area (Å²) in [6.45, 7) is -5.73. The van der Waals surface area contributed by atoms with Crippen molar-refractivity contribution in [1.29, 1.82) is 0 Å². The second-order valence-electron chi connectivity index (χ2n) is 2.11. The van der Waals surface area contributed by atoms with Gasteiger partial charge in [0.2, 0.25) is 0 Å². The first-order valence-electron chi connectivity index (χ1n) is 8.00. The van der Waals surface area contributed by atoms with E-state index in [0.29, 0.717) is 4.57 Å². The van der Waals surface area contributed by atoms with Gasteiger partial charge in [0.25, 0.3) is 0 Å². The second kappa shape index (κ2) is 2.12. The molecule has 2 rings (SSSR count). The van der Waals surface area contributed by atoms with Gasteiger partial charge in [0.05, 0.1) is 5.48 Å². The third kappa shape index (κ3) is 0.845. The van der Waals surface area contributed by atoms with Gasteiger partial charge in [-0.2, -0.15) is 0 Å². The van der Waals surface area contributed by atoms with Crippen molar-refractivity contribution in [2.75, 3.05) is 0 Å². The molecule has 1 aromatic heterocycles. The number of fused-ring (bicyclic) bond motifs is 1. The van der Waals surface area contributed by atoms with Crippen LogP contribution in [0.2, 0.25) is 0 Å². The Kier molecular flexibility index (Phi) is 0.336. The maximum absolute atomic E-state index is 7.91.